The Labute approximate surface area is 140 Å². The van der Waals surface area contributed by atoms with Crippen molar-refractivity contribution in [3.8, 4) is 0 Å². The Hall–Kier alpha value is -1.88. The monoisotopic (exact) mass is 334 g/mol. The zero-order chi connectivity index (χ0) is 16.6. The number of Topliss-reactive ketones (excluding diaryl/α,β-unsaturated/α-hetero) is 1. The third-order valence-electron chi connectivity index (χ3n) is 4.97. The van der Waals surface area contributed by atoms with Crippen LogP contribution in [0.3, 0.4) is 0 Å². The number of hydrogen-bond donors (Lipinski definition) is 1. The topological polar surface area (TPSA) is 66.5 Å². The van der Waals surface area contributed by atoms with E-state index in [1.807, 2.05) is 6.92 Å². The summed E-state index contributed by atoms with van der Waals surface area (Å²) in [7, 11) is 0. The van der Waals surface area contributed by atoms with Crippen LogP contribution < -0.4 is 5.32 Å². The number of nitrogens with one attached hydrogen (secondary N) is 1. The van der Waals surface area contributed by atoms with Gasteiger partial charge < -0.3 is 5.32 Å². The van der Waals surface area contributed by atoms with E-state index >= 15 is 0 Å². The van der Waals surface area contributed by atoms with Crippen molar-refractivity contribution < 1.29 is 14.4 Å². The number of nitrogens with zero attached hydrogens (tertiary/aromatic N) is 1. The average molecular weight is 335 g/mol. The van der Waals surface area contributed by atoms with Crippen molar-refractivity contribution in [2.45, 2.75) is 38.1 Å². The number of halogens is 1. The maximum absolute atomic E-state index is 12.8. The first kappa shape index (κ1) is 16.0. The molecule has 1 aromatic carbocycles. The summed E-state index contributed by atoms with van der Waals surface area (Å²) in [5, 5.41) is 3.38. The number of imide groups is 1. The lowest BCUT2D eigenvalue weighted by atomic mass is 9.73. The predicted octanol–water partition coefficient (Wildman–Crippen LogP) is 3.02. The van der Waals surface area contributed by atoms with Crippen molar-refractivity contribution in [1.82, 2.24) is 10.2 Å². The van der Waals surface area contributed by atoms with Crippen LogP contribution in [0.25, 0.3) is 0 Å². The first-order valence-corrected chi connectivity index (χ1v) is 8.25. The minimum Gasteiger partial charge on any atom is -0.323 e. The van der Waals surface area contributed by atoms with E-state index in [1.54, 1.807) is 24.3 Å². The molecule has 0 aromatic heterocycles. The largest absolute Gasteiger partial charge is 0.325 e. The molecule has 23 heavy (non-hydrogen) atoms. The van der Waals surface area contributed by atoms with Gasteiger partial charge in [-0.2, -0.15) is 0 Å². The van der Waals surface area contributed by atoms with Crippen LogP contribution in [0.5, 0.6) is 0 Å². The van der Waals surface area contributed by atoms with E-state index in [4.69, 9.17) is 11.6 Å². The highest BCUT2D eigenvalue weighted by atomic mass is 35.5. The molecular weight excluding hydrogens is 316 g/mol. The summed E-state index contributed by atoms with van der Waals surface area (Å²) in [5.41, 5.74) is -0.386. The molecular formula is C17H19ClN2O3. The number of hydrogen-bond acceptors (Lipinski definition) is 3. The molecule has 0 radical (unpaired) electrons. The molecule has 1 aliphatic heterocycles. The maximum atomic E-state index is 12.8. The molecule has 122 valence electrons. The number of ketones is 1. The molecule has 6 heteroatoms. The van der Waals surface area contributed by atoms with E-state index in [2.05, 4.69) is 5.32 Å². The van der Waals surface area contributed by atoms with E-state index in [1.165, 1.54) is 0 Å². The van der Waals surface area contributed by atoms with Gasteiger partial charge in [-0.25, -0.2) is 4.79 Å². The van der Waals surface area contributed by atoms with Crippen molar-refractivity contribution in [1.29, 1.82) is 0 Å². The van der Waals surface area contributed by atoms with Crippen molar-refractivity contribution in [3.63, 3.8) is 0 Å². The molecule has 3 rings (SSSR count). The van der Waals surface area contributed by atoms with Gasteiger partial charge in [0, 0.05) is 10.6 Å². The highest BCUT2D eigenvalue weighted by Crippen LogP contribution is 2.38. The Balaban J connectivity index is 1.78. The lowest BCUT2D eigenvalue weighted by Crippen LogP contribution is -2.54. The van der Waals surface area contributed by atoms with Gasteiger partial charge in [0.2, 0.25) is 0 Å². The molecule has 1 N–H and O–H groups in total. The van der Waals surface area contributed by atoms with Crippen molar-refractivity contribution in [2.75, 3.05) is 6.54 Å². The van der Waals surface area contributed by atoms with Crippen LogP contribution in [-0.4, -0.2) is 34.7 Å². The molecule has 3 amide bonds. The molecule has 1 aromatic rings. The fraction of sp³-hybridized carbons (Fsp3) is 0.471. The van der Waals surface area contributed by atoms with E-state index in [0.29, 0.717) is 17.0 Å². The molecule has 1 saturated heterocycles. The molecule has 0 bridgehead atoms. The smallest absolute Gasteiger partial charge is 0.323 e. The zero-order valence-corrected chi connectivity index (χ0v) is 13.7. The van der Waals surface area contributed by atoms with Crippen LogP contribution >= 0.6 is 11.6 Å². The number of carbonyl (C=O) groups is 3. The number of urea groups is 1. The lowest BCUT2D eigenvalue weighted by Gasteiger charge is -2.36. The van der Waals surface area contributed by atoms with E-state index < -0.39 is 11.6 Å². The fourth-order valence-electron chi connectivity index (χ4n) is 3.51. The van der Waals surface area contributed by atoms with Gasteiger partial charge in [0.25, 0.3) is 5.91 Å². The van der Waals surface area contributed by atoms with Crippen LogP contribution in [0.15, 0.2) is 24.3 Å². The molecule has 2 aliphatic rings. The van der Waals surface area contributed by atoms with Crippen LogP contribution in [0.2, 0.25) is 5.02 Å². The summed E-state index contributed by atoms with van der Waals surface area (Å²) in [4.78, 5) is 38.4. The Morgan fingerprint density at radius 3 is 2.65 bits per heavy atom. The molecule has 1 heterocycles. The van der Waals surface area contributed by atoms with Crippen LogP contribution in [0, 0.1) is 5.92 Å². The highest BCUT2D eigenvalue weighted by molar-refractivity contribution is 6.30. The van der Waals surface area contributed by atoms with Crippen molar-refractivity contribution in [3.05, 3.63) is 34.9 Å². The van der Waals surface area contributed by atoms with Crippen LogP contribution in [0.1, 0.15) is 43.0 Å². The SMILES string of the molecule is C[C@@H]1CCCC[C@@]12NC(=O)N(CC(=O)c1ccc(Cl)cc1)C2=O. The Morgan fingerprint density at radius 1 is 1.30 bits per heavy atom. The molecule has 0 unspecified atom stereocenters. The molecule has 5 nitrogen and oxygen atoms in total. The maximum Gasteiger partial charge on any atom is 0.325 e. The Morgan fingerprint density at radius 2 is 2.00 bits per heavy atom. The van der Waals surface area contributed by atoms with Crippen molar-refractivity contribution in [2.24, 2.45) is 5.92 Å². The summed E-state index contributed by atoms with van der Waals surface area (Å²) in [5.74, 6) is -0.453. The van der Waals surface area contributed by atoms with E-state index in [-0.39, 0.29) is 24.2 Å². The summed E-state index contributed by atoms with van der Waals surface area (Å²) in [6.07, 6.45) is 3.53. The zero-order valence-electron chi connectivity index (χ0n) is 13.0. The fourth-order valence-corrected chi connectivity index (χ4v) is 3.64. The Kier molecular flexibility index (Phi) is 4.15. The Bertz CT molecular complexity index is 658. The summed E-state index contributed by atoms with van der Waals surface area (Å²) < 4.78 is 0. The van der Waals surface area contributed by atoms with Gasteiger partial charge in [0.1, 0.15) is 5.54 Å². The molecule has 1 saturated carbocycles. The van der Waals surface area contributed by atoms with Gasteiger partial charge in [0.15, 0.2) is 5.78 Å². The van der Waals surface area contributed by atoms with Gasteiger partial charge in [-0.1, -0.05) is 31.4 Å². The summed E-state index contributed by atoms with van der Waals surface area (Å²) in [6, 6.07) is 5.96. The first-order valence-electron chi connectivity index (χ1n) is 7.87. The van der Waals surface area contributed by atoms with E-state index in [0.717, 1.165) is 24.2 Å². The third kappa shape index (κ3) is 2.74. The third-order valence-corrected chi connectivity index (χ3v) is 5.22. The van der Waals surface area contributed by atoms with Crippen LogP contribution in [0.4, 0.5) is 4.79 Å². The number of benzene rings is 1. The normalized spacial score (nSPS) is 27.4. The number of rotatable bonds is 3. The van der Waals surface area contributed by atoms with Crippen molar-refractivity contribution >= 4 is 29.3 Å². The average Bonchev–Trinajstić information content (AvgIpc) is 2.76. The van der Waals surface area contributed by atoms with Crippen LogP contribution in [-0.2, 0) is 4.79 Å². The van der Waals surface area contributed by atoms with E-state index in [9.17, 15) is 14.4 Å². The first-order chi connectivity index (χ1) is 10.9. The minimum atomic E-state index is -0.824. The summed E-state index contributed by atoms with van der Waals surface area (Å²) >= 11 is 5.81. The standard InChI is InChI=1S/C17H19ClN2O3/c1-11-4-2-3-9-17(11)15(22)20(16(23)19-17)10-14(21)12-5-7-13(18)8-6-12/h5-8,11H,2-4,9-10H2,1H3,(H,19,23)/t11-,17-/m1/s1. The highest BCUT2D eigenvalue weighted by Gasteiger charge is 2.55. The van der Waals surface area contributed by atoms with Gasteiger partial charge in [-0.05, 0) is 43.0 Å². The lowest BCUT2D eigenvalue weighted by molar-refractivity contribution is -0.133. The molecule has 1 spiro atoms. The second-order valence-corrected chi connectivity index (χ2v) is 6.81. The second kappa shape index (κ2) is 5.96. The van der Waals surface area contributed by atoms with Gasteiger partial charge >= 0.3 is 6.03 Å². The second-order valence-electron chi connectivity index (χ2n) is 6.37. The van der Waals surface area contributed by atoms with Gasteiger partial charge in [0.05, 0.1) is 6.54 Å². The molecule has 2 atom stereocenters. The molecule has 1 aliphatic carbocycles. The number of amides is 3. The van der Waals surface area contributed by atoms with Gasteiger partial charge in [-0.3, -0.25) is 14.5 Å². The van der Waals surface area contributed by atoms with Gasteiger partial charge in [-0.15, -0.1) is 0 Å². The molecule has 2 fully saturated rings. The number of carbonyl (C=O) groups excluding carboxylic acids is 3. The summed E-state index contributed by atoms with van der Waals surface area (Å²) in [6.45, 7) is 1.75. The minimum absolute atomic E-state index is 0.0864. The quantitative estimate of drug-likeness (QED) is 0.682. The predicted molar refractivity (Wildman–Crippen MR) is 86.4 cm³/mol.